The second-order valence-electron chi connectivity index (χ2n) is 16.4. The van der Waals surface area contributed by atoms with Gasteiger partial charge in [0.1, 0.15) is 17.4 Å². The van der Waals surface area contributed by atoms with E-state index in [1.54, 1.807) is 18.2 Å². The summed E-state index contributed by atoms with van der Waals surface area (Å²) < 4.78 is 21.9. The quantitative estimate of drug-likeness (QED) is 0.0682. The number of nitrogens with zero attached hydrogens (tertiary/aromatic N) is 3. The molecule has 1 aliphatic carbocycles. The number of nitrogens with two attached hydrogens (primary N) is 1. The lowest BCUT2D eigenvalue weighted by molar-refractivity contribution is 0.0819. The van der Waals surface area contributed by atoms with Gasteiger partial charge in [-0.3, -0.25) is 10.4 Å². The first-order valence-electron chi connectivity index (χ1n) is 21.5. The molecule has 2 aromatic carbocycles. The van der Waals surface area contributed by atoms with E-state index in [-0.39, 0.29) is 22.7 Å². The summed E-state index contributed by atoms with van der Waals surface area (Å²) in [6, 6.07) is 6.47. The second-order valence-corrected chi connectivity index (χ2v) is 16.4. The average Bonchev–Trinajstić information content (AvgIpc) is 3.41. The van der Waals surface area contributed by atoms with Crippen LogP contribution in [-0.2, 0) is 11.2 Å². The fourth-order valence-corrected chi connectivity index (χ4v) is 7.53. The molecule has 0 aromatic heterocycles. The van der Waals surface area contributed by atoms with Crippen LogP contribution in [0.5, 0.6) is 5.75 Å². The number of aliphatic imine (C=N–C) groups is 2. The van der Waals surface area contributed by atoms with Crippen molar-refractivity contribution in [2.45, 2.75) is 133 Å². The predicted molar refractivity (Wildman–Crippen MR) is 243 cm³/mol. The van der Waals surface area contributed by atoms with E-state index in [1.807, 2.05) is 39.0 Å². The third-order valence-electron chi connectivity index (χ3n) is 10.4. The molecule has 0 bridgehead atoms. The van der Waals surface area contributed by atoms with Gasteiger partial charge in [-0.15, -0.1) is 0 Å². The molecular formula is C49H72FN5O2. The smallest absolute Gasteiger partial charge is 0.211 e. The van der Waals surface area contributed by atoms with Crippen LogP contribution in [0, 0.1) is 22.6 Å². The number of ether oxygens (including phenoxy) is 1. The number of aryl methyl sites for hydroxylation is 1. The Bertz CT molecular complexity index is 1890. The van der Waals surface area contributed by atoms with Crippen molar-refractivity contribution in [3.8, 4) is 5.75 Å². The van der Waals surface area contributed by atoms with E-state index in [9.17, 15) is 10.5 Å². The normalized spacial score (nSPS) is 17.5. The van der Waals surface area contributed by atoms with Crippen molar-refractivity contribution in [2.75, 3.05) is 26.2 Å². The van der Waals surface area contributed by atoms with Crippen LogP contribution in [0.25, 0.3) is 16.3 Å². The molecule has 57 heavy (non-hydrogen) atoms. The zero-order valence-corrected chi connectivity index (χ0v) is 36.8. The summed E-state index contributed by atoms with van der Waals surface area (Å²) in [7, 11) is 0. The van der Waals surface area contributed by atoms with Crippen LogP contribution in [0.3, 0.4) is 0 Å². The molecule has 0 saturated carbocycles. The van der Waals surface area contributed by atoms with Crippen molar-refractivity contribution in [1.29, 1.82) is 5.41 Å². The number of benzene rings is 2. The molecule has 4 N–H and O–H groups in total. The minimum absolute atomic E-state index is 0.0388. The van der Waals surface area contributed by atoms with Gasteiger partial charge in [0.05, 0.1) is 24.6 Å². The molecular weight excluding hydrogens is 710 g/mol. The summed E-state index contributed by atoms with van der Waals surface area (Å²) in [5.41, 5.74) is 11.3. The zero-order valence-electron chi connectivity index (χ0n) is 36.8. The van der Waals surface area contributed by atoms with Crippen molar-refractivity contribution >= 4 is 33.6 Å². The Balaban J connectivity index is 0.00000207. The molecule has 312 valence electrons. The molecule has 1 atom stereocenters. The van der Waals surface area contributed by atoms with Gasteiger partial charge in [-0.2, -0.15) is 4.99 Å². The highest BCUT2D eigenvalue weighted by atomic mass is 19.1. The number of aromatic hydroxyl groups is 1. The Morgan fingerprint density at radius 2 is 1.81 bits per heavy atom. The van der Waals surface area contributed by atoms with E-state index < -0.39 is 0 Å². The van der Waals surface area contributed by atoms with Gasteiger partial charge in [0.25, 0.3) is 0 Å². The number of fused-ring (bicyclic) bond motifs is 1. The van der Waals surface area contributed by atoms with Gasteiger partial charge in [0.15, 0.2) is 0 Å². The molecule has 2 aromatic rings. The summed E-state index contributed by atoms with van der Waals surface area (Å²) in [6.07, 6.45) is 19.5. The number of hydrogen-bond donors (Lipinski definition) is 3. The number of unbranched alkanes of at least 4 members (excludes halogenated alkanes) is 3. The van der Waals surface area contributed by atoms with Crippen molar-refractivity contribution in [3.05, 3.63) is 94.3 Å². The Morgan fingerprint density at radius 1 is 1.11 bits per heavy atom. The number of nitrogens with one attached hydrogen (secondary N) is 1. The molecule has 0 fully saturated rings. The van der Waals surface area contributed by atoms with E-state index in [4.69, 9.17) is 20.5 Å². The Morgan fingerprint density at radius 3 is 2.44 bits per heavy atom. The van der Waals surface area contributed by atoms with Crippen LogP contribution in [-0.4, -0.2) is 53.5 Å². The molecule has 4 rings (SSSR count). The fraction of sp³-hybridized carbons (Fsp3) is 0.531. The molecule has 7 nitrogen and oxygen atoms in total. The summed E-state index contributed by atoms with van der Waals surface area (Å²) in [5, 5.41) is 22.0. The van der Waals surface area contributed by atoms with Crippen LogP contribution in [0.2, 0.25) is 0 Å². The summed E-state index contributed by atoms with van der Waals surface area (Å²) in [4.78, 5) is 12.4. The van der Waals surface area contributed by atoms with Gasteiger partial charge in [-0.25, -0.2) is 4.39 Å². The van der Waals surface area contributed by atoms with Crippen LogP contribution in [0.4, 0.5) is 4.39 Å². The van der Waals surface area contributed by atoms with Crippen molar-refractivity contribution in [2.24, 2.45) is 27.1 Å². The SMILES string of the molecule is C/C=C1\C(=N)C(c2cc(O)cc3ccc(F)c(CC)c23)=CC(C)=C1/C(=N\C(=C\CC)OCC(C)(CCCC)CCCCC)N1CCCN=C(/C=C\N)C1.CC(C)C. The maximum absolute atomic E-state index is 15.2. The van der Waals surface area contributed by atoms with Crippen molar-refractivity contribution in [1.82, 2.24) is 4.90 Å². The molecule has 0 spiro atoms. The molecule has 0 radical (unpaired) electrons. The molecule has 2 aliphatic rings. The highest BCUT2D eigenvalue weighted by Crippen LogP contribution is 2.40. The first kappa shape index (κ1) is 46.9. The second kappa shape index (κ2) is 23.1. The maximum atomic E-state index is 15.2. The van der Waals surface area contributed by atoms with E-state index >= 15 is 4.39 Å². The first-order chi connectivity index (χ1) is 27.3. The van der Waals surface area contributed by atoms with Crippen molar-refractivity contribution < 1.29 is 14.2 Å². The molecule has 0 saturated heterocycles. The van der Waals surface area contributed by atoms with Crippen LogP contribution >= 0.6 is 0 Å². The standard InChI is InChI=1S/C45H62FN5O2.C4H10/c1-8-13-15-22-45(7,21-14-9-2)30-53-40(17-10-3)50-44(51-25-16-24-49-33(29-51)20-23-47)41-31(6)26-38(43(48)36(41)12-5)37-28-34(52)27-32-18-19-39(46)35(11-4)42(32)37;1-4(2)3/h12,17-20,23,26-28,48,52H,8-11,13-16,21-22,24-25,29-30,47H2,1-7H3;4H,1-3H3/b23-20-,36-12-,40-17-,48-43?,50-44+;. The largest absolute Gasteiger partial charge is 0.508 e. The Hall–Kier alpha value is -4.46. The van der Waals surface area contributed by atoms with Gasteiger partial charge >= 0.3 is 0 Å². The molecule has 1 aliphatic heterocycles. The van der Waals surface area contributed by atoms with E-state index in [0.29, 0.717) is 60.8 Å². The average molecular weight is 782 g/mol. The summed E-state index contributed by atoms with van der Waals surface area (Å²) >= 11 is 0. The van der Waals surface area contributed by atoms with E-state index in [2.05, 4.69) is 59.4 Å². The van der Waals surface area contributed by atoms with Gasteiger partial charge < -0.3 is 20.5 Å². The lowest BCUT2D eigenvalue weighted by Crippen LogP contribution is -2.38. The summed E-state index contributed by atoms with van der Waals surface area (Å²) in [6.45, 7) is 23.8. The van der Waals surface area contributed by atoms with E-state index in [0.717, 1.165) is 77.9 Å². The fourth-order valence-electron chi connectivity index (χ4n) is 7.53. The lowest BCUT2D eigenvalue weighted by Gasteiger charge is -2.32. The van der Waals surface area contributed by atoms with Gasteiger partial charge in [0, 0.05) is 35.2 Å². The minimum Gasteiger partial charge on any atom is -0.508 e. The van der Waals surface area contributed by atoms with Gasteiger partial charge in [0.2, 0.25) is 5.88 Å². The first-order valence-corrected chi connectivity index (χ1v) is 21.5. The lowest BCUT2D eigenvalue weighted by atomic mass is 9.80. The van der Waals surface area contributed by atoms with Gasteiger partial charge in [-0.05, 0) is 122 Å². The number of hydrogen-bond acceptors (Lipinski definition) is 6. The number of allylic oxidation sites excluding steroid dienone is 5. The number of amidine groups is 1. The monoisotopic (exact) mass is 782 g/mol. The Kier molecular flexibility index (Phi) is 19.0. The maximum Gasteiger partial charge on any atom is 0.211 e. The van der Waals surface area contributed by atoms with Crippen LogP contribution in [0.1, 0.15) is 138 Å². The minimum atomic E-state index is -0.292. The van der Waals surface area contributed by atoms with Crippen molar-refractivity contribution in [3.63, 3.8) is 0 Å². The number of halogens is 1. The van der Waals surface area contributed by atoms with Gasteiger partial charge in [-0.1, -0.05) is 99.6 Å². The van der Waals surface area contributed by atoms with E-state index in [1.165, 1.54) is 31.5 Å². The highest BCUT2D eigenvalue weighted by Gasteiger charge is 2.32. The predicted octanol–water partition coefficient (Wildman–Crippen LogP) is 12.7. The zero-order chi connectivity index (χ0) is 42.1. The third-order valence-corrected chi connectivity index (χ3v) is 10.4. The number of phenolic OH excluding ortho intramolecular Hbond substituents is 1. The Labute approximate surface area is 344 Å². The summed E-state index contributed by atoms with van der Waals surface area (Å²) in [5.74, 6) is 1.91. The van der Waals surface area contributed by atoms with Crippen LogP contribution in [0.15, 0.2) is 87.4 Å². The molecule has 8 heteroatoms. The topological polar surface area (TPSA) is 107 Å². The highest BCUT2D eigenvalue weighted by molar-refractivity contribution is 6.38. The number of phenols is 1. The number of rotatable bonds is 16. The van der Waals surface area contributed by atoms with Crippen LogP contribution < -0.4 is 5.73 Å². The molecule has 1 unspecified atom stereocenters. The molecule has 1 heterocycles. The third kappa shape index (κ3) is 13.0. The molecule has 0 amide bonds.